The number of amides is 1. The number of hydrogen-bond acceptors (Lipinski definition) is 4. The van der Waals surface area contributed by atoms with Gasteiger partial charge in [-0.15, -0.1) is 0 Å². The van der Waals surface area contributed by atoms with E-state index in [1.807, 2.05) is 56.6 Å². The van der Waals surface area contributed by atoms with Crippen LogP contribution in [-0.4, -0.2) is 22.8 Å². The van der Waals surface area contributed by atoms with Gasteiger partial charge < -0.3 is 14.8 Å². The molecule has 0 spiro atoms. The monoisotopic (exact) mass is 365 g/mol. The highest BCUT2D eigenvalue weighted by molar-refractivity contribution is 5.94. The van der Waals surface area contributed by atoms with Gasteiger partial charge in [-0.3, -0.25) is 9.48 Å². The summed E-state index contributed by atoms with van der Waals surface area (Å²) in [6, 6.07) is 14.8. The van der Waals surface area contributed by atoms with Crippen LogP contribution in [0.1, 0.15) is 27.2 Å². The van der Waals surface area contributed by atoms with Crippen LogP contribution in [0.4, 0.5) is 0 Å². The second-order valence-electron chi connectivity index (χ2n) is 6.26. The molecule has 0 fully saturated rings. The normalized spacial score (nSPS) is 10.5. The van der Waals surface area contributed by atoms with Crippen LogP contribution < -0.4 is 14.8 Å². The number of carbonyl (C=O) groups is 1. The fraction of sp³-hybridized carbons (Fsp3) is 0.238. The summed E-state index contributed by atoms with van der Waals surface area (Å²) in [7, 11) is 3.50. The van der Waals surface area contributed by atoms with Crippen molar-refractivity contribution in [3.8, 4) is 11.5 Å². The summed E-state index contributed by atoms with van der Waals surface area (Å²) < 4.78 is 12.6. The van der Waals surface area contributed by atoms with Crippen LogP contribution in [0.3, 0.4) is 0 Å². The Morgan fingerprint density at radius 1 is 1.07 bits per heavy atom. The highest BCUT2D eigenvalue weighted by atomic mass is 16.5. The van der Waals surface area contributed by atoms with Gasteiger partial charge in [-0.2, -0.15) is 5.10 Å². The minimum Gasteiger partial charge on any atom is -0.497 e. The molecule has 2 aromatic carbocycles. The van der Waals surface area contributed by atoms with Gasteiger partial charge in [0.05, 0.1) is 12.8 Å². The second-order valence-corrected chi connectivity index (χ2v) is 6.26. The number of benzene rings is 2. The van der Waals surface area contributed by atoms with Crippen molar-refractivity contribution in [1.29, 1.82) is 0 Å². The topological polar surface area (TPSA) is 65.4 Å². The quantitative estimate of drug-likeness (QED) is 0.698. The molecule has 0 atom stereocenters. The van der Waals surface area contributed by atoms with Crippen LogP contribution in [0, 0.1) is 6.92 Å². The lowest BCUT2D eigenvalue weighted by molar-refractivity contribution is 0.0951. The maximum absolute atomic E-state index is 12.3. The first kappa shape index (κ1) is 18.5. The van der Waals surface area contributed by atoms with Crippen molar-refractivity contribution in [2.75, 3.05) is 7.11 Å². The Bertz CT molecular complexity index is 899. The highest BCUT2D eigenvalue weighted by Gasteiger charge is 2.08. The number of nitrogens with one attached hydrogen (secondary N) is 1. The van der Waals surface area contributed by atoms with Gasteiger partial charge in [-0.05, 0) is 48.9 Å². The number of nitrogens with zero attached hydrogens (tertiary/aromatic N) is 2. The molecule has 140 valence electrons. The third-order valence-corrected chi connectivity index (χ3v) is 4.24. The fourth-order valence-corrected chi connectivity index (χ4v) is 2.69. The predicted molar refractivity (Wildman–Crippen MR) is 103 cm³/mol. The van der Waals surface area contributed by atoms with E-state index in [9.17, 15) is 4.79 Å². The lowest BCUT2D eigenvalue weighted by Gasteiger charge is -2.08. The minimum atomic E-state index is -0.110. The lowest BCUT2D eigenvalue weighted by atomic mass is 10.1. The van der Waals surface area contributed by atoms with Gasteiger partial charge in [0.15, 0.2) is 0 Å². The Labute approximate surface area is 158 Å². The summed E-state index contributed by atoms with van der Waals surface area (Å²) in [6.07, 6.45) is 1.91. The van der Waals surface area contributed by atoms with E-state index in [4.69, 9.17) is 9.47 Å². The molecule has 27 heavy (non-hydrogen) atoms. The van der Waals surface area contributed by atoms with Crippen LogP contribution in [0.15, 0.2) is 54.7 Å². The summed E-state index contributed by atoms with van der Waals surface area (Å²) in [5.74, 6) is 1.45. The fourth-order valence-electron chi connectivity index (χ4n) is 2.69. The molecule has 0 bridgehead atoms. The number of hydrogen-bond donors (Lipinski definition) is 1. The summed E-state index contributed by atoms with van der Waals surface area (Å²) in [4.78, 5) is 12.3. The van der Waals surface area contributed by atoms with Gasteiger partial charge in [0.1, 0.15) is 18.1 Å². The van der Waals surface area contributed by atoms with Gasteiger partial charge >= 0.3 is 0 Å². The molecule has 0 aliphatic carbocycles. The van der Waals surface area contributed by atoms with E-state index in [2.05, 4.69) is 10.4 Å². The third-order valence-electron chi connectivity index (χ3n) is 4.24. The molecule has 6 nitrogen and oxygen atoms in total. The Morgan fingerprint density at radius 3 is 2.33 bits per heavy atom. The second kappa shape index (κ2) is 8.40. The van der Waals surface area contributed by atoms with Gasteiger partial charge in [0.25, 0.3) is 5.91 Å². The molecule has 0 saturated heterocycles. The average Bonchev–Trinajstić information content (AvgIpc) is 3.02. The molecule has 3 aromatic rings. The van der Waals surface area contributed by atoms with E-state index in [1.165, 1.54) is 0 Å². The Balaban J connectivity index is 1.52. The van der Waals surface area contributed by atoms with E-state index in [-0.39, 0.29) is 5.91 Å². The molecule has 3 rings (SSSR count). The average molecular weight is 365 g/mol. The first-order chi connectivity index (χ1) is 13.0. The molecule has 1 N–H and O–H groups in total. The van der Waals surface area contributed by atoms with Crippen LogP contribution in [0.25, 0.3) is 0 Å². The van der Waals surface area contributed by atoms with Crippen molar-refractivity contribution in [3.63, 3.8) is 0 Å². The smallest absolute Gasteiger partial charge is 0.251 e. The molecule has 6 heteroatoms. The Morgan fingerprint density at radius 2 is 1.74 bits per heavy atom. The van der Waals surface area contributed by atoms with Crippen molar-refractivity contribution < 1.29 is 14.3 Å². The van der Waals surface area contributed by atoms with Crippen molar-refractivity contribution >= 4 is 5.91 Å². The maximum Gasteiger partial charge on any atom is 0.251 e. The number of methoxy groups -OCH3 is 1. The molecule has 0 saturated carbocycles. The molecule has 0 radical (unpaired) electrons. The van der Waals surface area contributed by atoms with Crippen LogP contribution >= 0.6 is 0 Å². The molecule has 0 aliphatic heterocycles. The van der Waals surface area contributed by atoms with Gasteiger partial charge in [-0.1, -0.05) is 12.1 Å². The molecule has 1 amide bonds. The predicted octanol–water partition coefficient (Wildman–Crippen LogP) is 3.25. The van der Waals surface area contributed by atoms with Gasteiger partial charge in [0.2, 0.25) is 0 Å². The number of ether oxygens (including phenoxy) is 2. The van der Waals surface area contributed by atoms with Crippen molar-refractivity contribution in [1.82, 2.24) is 15.1 Å². The first-order valence-corrected chi connectivity index (χ1v) is 8.68. The minimum absolute atomic E-state index is 0.110. The lowest BCUT2D eigenvalue weighted by Crippen LogP contribution is -2.22. The highest BCUT2D eigenvalue weighted by Crippen LogP contribution is 2.18. The summed E-state index contributed by atoms with van der Waals surface area (Å²) in [5.41, 5.74) is 3.54. The van der Waals surface area contributed by atoms with Gasteiger partial charge in [0, 0.05) is 30.9 Å². The SMILES string of the molecule is COc1ccc(OCc2ccc(C(=O)NCc3cn(C)nc3C)cc2)cc1. The first-order valence-electron chi connectivity index (χ1n) is 8.68. The molecular formula is C21H23N3O3. The van der Waals surface area contributed by atoms with E-state index < -0.39 is 0 Å². The summed E-state index contributed by atoms with van der Waals surface area (Å²) >= 11 is 0. The molecular weight excluding hydrogens is 342 g/mol. The third kappa shape index (κ3) is 4.88. The maximum atomic E-state index is 12.3. The van der Waals surface area contributed by atoms with Crippen LogP contribution in [0.5, 0.6) is 11.5 Å². The number of rotatable bonds is 7. The Kier molecular flexibility index (Phi) is 5.76. The zero-order valence-electron chi connectivity index (χ0n) is 15.7. The summed E-state index contributed by atoms with van der Waals surface area (Å²) in [6.45, 7) is 2.82. The zero-order chi connectivity index (χ0) is 19.2. The Hall–Kier alpha value is -3.28. The molecule has 1 heterocycles. The van der Waals surface area contributed by atoms with Gasteiger partial charge in [-0.25, -0.2) is 0 Å². The van der Waals surface area contributed by atoms with Crippen LogP contribution in [0.2, 0.25) is 0 Å². The standard InChI is InChI=1S/C21H23N3O3/c1-15-18(13-24(2)23-15)12-22-21(25)17-6-4-16(5-7-17)14-27-20-10-8-19(26-3)9-11-20/h4-11,13H,12,14H2,1-3H3,(H,22,25). The van der Waals surface area contributed by atoms with E-state index >= 15 is 0 Å². The zero-order valence-corrected chi connectivity index (χ0v) is 15.7. The largest absolute Gasteiger partial charge is 0.497 e. The van der Waals surface area contributed by atoms with Crippen molar-refractivity contribution in [3.05, 3.63) is 77.1 Å². The molecule has 0 unspecified atom stereocenters. The number of aromatic nitrogens is 2. The summed E-state index contributed by atoms with van der Waals surface area (Å²) in [5, 5.41) is 7.20. The van der Waals surface area contributed by atoms with Crippen LogP contribution in [-0.2, 0) is 20.2 Å². The molecule has 1 aromatic heterocycles. The molecule has 0 aliphatic rings. The van der Waals surface area contributed by atoms with E-state index in [1.54, 1.807) is 23.9 Å². The van der Waals surface area contributed by atoms with E-state index in [0.717, 1.165) is 28.3 Å². The number of aryl methyl sites for hydroxylation is 2. The number of carbonyl (C=O) groups excluding carboxylic acids is 1. The van der Waals surface area contributed by atoms with Crippen molar-refractivity contribution in [2.24, 2.45) is 7.05 Å². The van der Waals surface area contributed by atoms with E-state index in [0.29, 0.717) is 18.7 Å². The van der Waals surface area contributed by atoms with Crippen molar-refractivity contribution in [2.45, 2.75) is 20.1 Å².